The van der Waals surface area contributed by atoms with E-state index in [-0.39, 0.29) is 30.2 Å². The van der Waals surface area contributed by atoms with Crippen LogP contribution in [0.4, 0.5) is 19.3 Å². The van der Waals surface area contributed by atoms with Crippen LogP contribution in [0.25, 0.3) is 0 Å². The Balaban J connectivity index is 1.52. The number of carbonyl (C=O) groups is 2. The summed E-state index contributed by atoms with van der Waals surface area (Å²) >= 11 is 0. The average Bonchev–Trinajstić information content (AvgIpc) is 3.31. The van der Waals surface area contributed by atoms with Crippen molar-refractivity contribution in [2.75, 3.05) is 18.9 Å². The number of nitrogens with one attached hydrogen (secondary N) is 4. The first kappa shape index (κ1) is 18.7. The van der Waals surface area contributed by atoms with Gasteiger partial charge in [0.15, 0.2) is 0 Å². The van der Waals surface area contributed by atoms with Crippen LogP contribution in [-0.4, -0.2) is 46.6 Å². The molecule has 9 nitrogen and oxygen atoms in total. The Kier molecular flexibility index (Phi) is 5.60. The molecule has 0 unspecified atom stereocenters. The molecule has 0 bridgehead atoms. The number of anilines is 1. The first-order chi connectivity index (χ1) is 13.0. The predicted octanol–water partition coefficient (Wildman–Crippen LogP) is 0.527. The SMILES string of the molecule is CNC(=O)[C@@H]1C[C@@H](n2cc(CNC(=O)Nc3cc(F)ccc3F)nn2)CN1. The zero-order valence-electron chi connectivity index (χ0n) is 14.5. The van der Waals surface area contributed by atoms with E-state index in [1.807, 2.05) is 0 Å². The molecule has 1 saturated heterocycles. The first-order valence-corrected chi connectivity index (χ1v) is 8.32. The van der Waals surface area contributed by atoms with Gasteiger partial charge in [0.1, 0.15) is 17.3 Å². The van der Waals surface area contributed by atoms with Crippen LogP contribution in [0.5, 0.6) is 0 Å². The van der Waals surface area contributed by atoms with Gasteiger partial charge in [-0.3, -0.25) is 4.79 Å². The Hall–Kier alpha value is -3.08. The van der Waals surface area contributed by atoms with Crippen molar-refractivity contribution in [3.05, 3.63) is 41.7 Å². The van der Waals surface area contributed by atoms with E-state index in [1.54, 1.807) is 17.9 Å². The third kappa shape index (κ3) is 4.56. The van der Waals surface area contributed by atoms with Crippen LogP contribution in [0.15, 0.2) is 24.4 Å². The number of nitrogens with zero attached hydrogens (tertiary/aromatic N) is 3. The third-order valence-electron chi connectivity index (χ3n) is 4.21. The lowest BCUT2D eigenvalue weighted by atomic mass is 10.1. The minimum Gasteiger partial charge on any atom is -0.358 e. The van der Waals surface area contributed by atoms with Crippen LogP contribution >= 0.6 is 0 Å². The summed E-state index contributed by atoms with van der Waals surface area (Å²) in [4.78, 5) is 23.5. The molecule has 2 atom stereocenters. The number of amides is 3. The van der Waals surface area contributed by atoms with Gasteiger partial charge >= 0.3 is 6.03 Å². The highest BCUT2D eigenvalue weighted by atomic mass is 19.1. The molecule has 0 spiro atoms. The van der Waals surface area contributed by atoms with E-state index in [9.17, 15) is 18.4 Å². The summed E-state index contributed by atoms with van der Waals surface area (Å²) in [6.07, 6.45) is 2.25. The standard InChI is InChI=1S/C16H19F2N7O2/c1-19-15(26)14-5-11(7-20-14)25-8-10(23-24-25)6-21-16(27)22-13-4-9(17)2-3-12(13)18/h2-4,8,11,14,20H,5-7H2,1H3,(H,19,26)(H2,21,22,27)/t11-,14+/m1/s1. The van der Waals surface area contributed by atoms with Crippen LogP contribution in [0.1, 0.15) is 18.2 Å². The molecule has 144 valence electrons. The van der Waals surface area contributed by atoms with Crippen LogP contribution < -0.4 is 21.3 Å². The molecule has 1 aliphatic heterocycles. The van der Waals surface area contributed by atoms with Crippen molar-refractivity contribution >= 4 is 17.6 Å². The van der Waals surface area contributed by atoms with Crippen molar-refractivity contribution in [2.24, 2.45) is 0 Å². The van der Waals surface area contributed by atoms with E-state index in [2.05, 4.69) is 31.6 Å². The molecule has 0 saturated carbocycles. The van der Waals surface area contributed by atoms with E-state index >= 15 is 0 Å². The van der Waals surface area contributed by atoms with E-state index in [0.29, 0.717) is 18.7 Å². The fourth-order valence-corrected chi connectivity index (χ4v) is 2.80. The number of hydrogen-bond donors (Lipinski definition) is 4. The van der Waals surface area contributed by atoms with Gasteiger partial charge in [0.05, 0.1) is 30.5 Å². The van der Waals surface area contributed by atoms with E-state index in [0.717, 1.165) is 18.2 Å². The number of benzene rings is 1. The molecule has 1 aromatic heterocycles. The quantitative estimate of drug-likeness (QED) is 0.605. The Morgan fingerprint density at radius 1 is 1.37 bits per heavy atom. The molecule has 1 fully saturated rings. The largest absolute Gasteiger partial charge is 0.358 e. The lowest BCUT2D eigenvalue weighted by Crippen LogP contribution is -2.38. The normalized spacial score (nSPS) is 18.9. The molecule has 4 N–H and O–H groups in total. The summed E-state index contributed by atoms with van der Waals surface area (Å²) in [6, 6.07) is 1.78. The zero-order chi connectivity index (χ0) is 19.4. The fraction of sp³-hybridized carbons (Fsp3) is 0.375. The molecule has 2 heterocycles. The number of hydrogen-bond acceptors (Lipinski definition) is 5. The summed E-state index contributed by atoms with van der Waals surface area (Å²) in [5.41, 5.74) is 0.238. The maximum absolute atomic E-state index is 13.5. The van der Waals surface area contributed by atoms with E-state index < -0.39 is 17.7 Å². The highest BCUT2D eigenvalue weighted by Crippen LogP contribution is 2.19. The van der Waals surface area contributed by atoms with E-state index in [4.69, 9.17) is 0 Å². The summed E-state index contributed by atoms with van der Waals surface area (Å²) in [6.45, 7) is 0.634. The lowest BCUT2D eigenvalue weighted by Gasteiger charge is -2.09. The highest BCUT2D eigenvalue weighted by molar-refractivity contribution is 5.89. The van der Waals surface area contributed by atoms with Gasteiger partial charge in [-0.2, -0.15) is 0 Å². The van der Waals surface area contributed by atoms with Crippen LogP contribution in [-0.2, 0) is 11.3 Å². The zero-order valence-corrected chi connectivity index (χ0v) is 14.5. The van der Waals surface area contributed by atoms with Gasteiger partial charge in [-0.05, 0) is 18.6 Å². The van der Waals surface area contributed by atoms with Crippen LogP contribution in [0.2, 0.25) is 0 Å². The number of rotatable bonds is 5. The molecule has 27 heavy (non-hydrogen) atoms. The van der Waals surface area contributed by atoms with Crippen molar-refractivity contribution in [1.29, 1.82) is 0 Å². The van der Waals surface area contributed by atoms with Gasteiger partial charge in [-0.1, -0.05) is 5.21 Å². The first-order valence-electron chi connectivity index (χ1n) is 8.32. The predicted molar refractivity (Wildman–Crippen MR) is 91.7 cm³/mol. The second-order valence-corrected chi connectivity index (χ2v) is 6.09. The molecule has 0 radical (unpaired) electrons. The maximum atomic E-state index is 13.5. The van der Waals surface area contributed by atoms with Crippen molar-refractivity contribution in [1.82, 2.24) is 30.9 Å². The van der Waals surface area contributed by atoms with Crippen molar-refractivity contribution in [3.8, 4) is 0 Å². The summed E-state index contributed by atoms with van der Waals surface area (Å²) < 4.78 is 28.3. The Morgan fingerprint density at radius 2 is 2.19 bits per heavy atom. The highest BCUT2D eigenvalue weighted by Gasteiger charge is 2.30. The minimum atomic E-state index is -0.739. The Labute approximate surface area is 153 Å². The molecule has 1 aromatic carbocycles. The second-order valence-electron chi connectivity index (χ2n) is 6.09. The number of urea groups is 1. The molecule has 3 amide bonds. The molecular weight excluding hydrogens is 360 g/mol. The van der Waals surface area contributed by atoms with Crippen molar-refractivity contribution in [2.45, 2.75) is 25.0 Å². The van der Waals surface area contributed by atoms with Gasteiger partial charge in [-0.25, -0.2) is 18.3 Å². The molecule has 2 aromatic rings. The number of halogens is 2. The fourth-order valence-electron chi connectivity index (χ4n) is 2.80. The summed E-state index contributed by atoms with van der Waals surface area (Å²) in [7, 11) is 1.58. The van der Waals surface area contributed by atoms with Crippen molar-refractivity contribution in [3.63, 3.8) is 0 Å². The number of likely N-dealkylation sites (N-methyl/N-ethyl adjacent to an activating group) is 1. The summed E-state index contributed by atoms with van der Waals surface area (Å²) in [5.74, 6) is -1.48. The van der Waals surface area contributed by atoms with Gasteiger partial charge < -0.3 is 21.3 Å². The maximum Gasteiger partial charge on any atom is 0.319 e. The van der Waals surface area contributed by atoms with Gasteiger partial charge in [-0.15, -0.1) is 5.10 Å². The molecule has 0 aliphatic carbocycles. The third-order valence-corrected chi connectivity index (χ3v) is 4.21. The molecule has 3 rings (SSSR count). The lowest BCUT2D eigenvalue weighted by molar-refractivity contribution is -0.122. The molecule has 11 heteroatoms. The minimum absolute atomic E-state index is 0.0243. The molecule has 1 aliphatic rings. The van der Waals surface area contributed by atoms with Crippen LogP contribution in [0, 0.1) is 11.6 Å². The van der Waals surface area contributed by atoms with E-state index in [1.165, 1.54) is 0 Å². The van der Waals surface area contributed by atoms with Crippen molar-refractivity contribution < 1.29 is 18.4 Å². The Bertz CT molecular complexity index is 842. The second kappa shape index (κ2) is 8.08. The number of aromatic nitrogens is 3. The monoisotopic (exact) mass is 379 g/mol. The molecular formula is C16H19F2N7O2. The van der Waals surface area contributed by atoms with Gasteiger partial charge in [0, 0.05) is 19.7 Å². The summed E-state index contributed by atoms with van der Waals surface area (Å²) in [5, 5.41) is 18.4. The van der Waals surface area contributed by atoms with Gasteiger partial charge in [0.25, 0.3) is 0 Å². The topological polar surface area (TPSA) is 113 Å². The van der Waals surface area contributed by atoms with Crippen LogP contribution in [0.3, 0.4) is 0 Å². The smallest absolute Gasteiger partial charge is 0.319 e. The Morgan fingerprint density at radius 3 is 2.96 bits per heavy atom. The average molecular weight is 379 g/mol. The van der Waals surface area contributed by atoms with Gasteiger partial charge in [0.2, 0.25) is 5.91 Å². The number of carbonyl (C=O) groups excluding carboxylic acids is 2.